The van der Waals surface area contributed by atoms with Crippen LogP contribution < -0.4 is 0 Å². The van der Waals surface area contributed by atoms with Crippen LogP contribution >= 0.6 is 0 Å². The van der Waals surface area contributed by atoms with Gasteiger partial charge in [0, 0.05) is 43.4 Å². The summed E-state index contributed by atoms with van der Waals surface area (Å²) in [5.74, 6) is 1.68. The molecule has 0 aliphatic rings. The molecule has 8 aromatic carbocycles. The average Bonchev–Trinajstić information content (AvgIpc) is 3.94. The zero-order valence-corrected chi connectivity index (χ0v) is 30.5. The number of benzene rings is 8. The van der Waals surface area contributed by atoms with Gasteiger partial charge in [0.1, 0.15) is 11.2 Å². The molecule has 266 valence electrons. The van der Waals surface area contributed by atoms with E-state index in [1.807, 2.05) is 30.3 Å². The Bertz CT molecular complexity index is 3490. The highest BCUT2D eigenvalue weighted by molar-refractivity contribution is 6.13. The average molecular weight is 730 g/mol. The van der Waals surface area contributed by atoms with Crippen molar-refractivity contribution in [1.29, 1.82) is 0 Å². The Balaban J connectivity index is 1.17. The molecule has 0 radical (unpaired) electrons. The summed E-state index contributed by atoms with van der Waals surface area (Å²) >= 11 is 0. The predicted molar refractivity (Wildman–Crippen MR) is 232 cm³/mol. The van der Waals surface area contributed by atoms with Gasteiger partial charge < -0.3 is 8.98 Å². The standard InChI is InChI=1S/C51H31N5O/c1-2-15-32(16-3-1)33-29-30-45-40(31-33)36-19-6-11-25-43(36)56(45)51-53-49(52-50(54-51)39-22-14-28-47-48(39)38-21-8-13-27-46(38)57-47)37-20-7-12-26-44(37)55-41-23-9-4-17-34(41)35-18-5-10-24-42(35)55/h1-31H. The zero-order chi connectivity index (χ0) is 37.5. The third kappa shape index (κ3) is 4.81. The summed E-state index contributed by atoms with van der Waals surface area (Å²) in [7, 11) is 0. The molecule has 0 amide bonds. The highest BCUT2D eigenvalue weighted by atomic mass is 16.3. The Morgan fingerprint density at radius 2 is 0.895 bits per heavy atom. The second kappa shape index (κ2) is 12.3. The predicted octanol–water partition coefficient (Wildman–Crippen LogP) is 13.0. The van der Waals surface area contributed by atoms with Crippen molar-refractivity contribution in [3.63, 3.8) is 0 Å². The van der Waals surface area contributed by atoms with Crippen LogP contribution in [0.2, 0.25) is 0 Å². The van der Waals surface area contributed by atoms with Crippen LogP contribution in [0.25, 0.3) is 111 Å². The lowest BCUT2D eigenvalue weighted by atomic mass is 10.0. The van der Waals surface area contributed by atoms with Gasteiger partial charge in [-0.15, -0.1) is 0 Å². The Kier molecular flexibility index (Phi) is 6.83. The summed E-state index contributed by atoms with van der Waals surface area (Å²) < 4.78 is 10.9. The van der Waals surface area contributed by atoms with Gasteiger partial charge in [-0.1, -0.05) is 133 Å². The van der Waals surface area contributed by atoms with Crippen molar-refractivity contribution in [3.05, 3.63) is 188 Å². The lowest BCUT2D eigenvalue weighted by Gasteiger charge is -2.15. The highest BCUT2D eigenvalue weighted by Crippen LogP contribution is 2.40. The maximum atomic E-state index is 6.37. The van der Waals surface area contributed by atoms with E-state index in [1.54, 1.807) is 0 Å². The second-order valence-corrected chi connectivity index (χ2v) is 14.4. The van der Waals surface area contributed by atoms with E-state index in [0.29, 0.717) is 17.6 Å². The number of nitrogens with zero attached hydrogens (tertiary/aromatic N) is 5. The molecule has 0 unspecified atom stereocenters. The van der Waals surface area contributed by atoms with Gasteiger partial charge in [0.25, 0.3) is 0 Å². The Morgan fingerprint density at radius 1 is 0.351 bits per heavy atom. The lowest BCUT2D eigenvalue weighted by Crippen LogP contribution is -2.08. The fourth-order valence-corrected chi connectivity index (χ4v) is 8.70. The number of rotatable bonds is 5. The van der Waals surface area contributed by atoms with Crippen molar-refractivity contribution in [2.45, 2.75) is 0 Å². The fraction of sp³-hybridized carbons (Fsp3) is 0. The van der Waals surface area contributed by atoms with E-state index in [-0.39, 0.29) is 0 Å². The van der Waals surface area contributed by atoms with Crippen LogP contribution in [0, 0.1) is 0 Å². The number of fused-ring (bicyclic) bond motifs is 9. The molecule has 0 aliphatic carbocycles. The molecule has 6 nitrogen and oxygen atoms in total. The largest absolute Gasteiger partial charge is 0.456 e. The maximum Gasteiger partial charge on any atom is 0.238 e. The Morgan fingerprint density at radius 3 is 1.65 bits per heavy atom. The van der Waals surface area contributed by atoms with Gasteiger partial charge in [0.2, 0.25) is 5.95 Å². The van der Waals surface area contributed by atoms with Crippen molar-refractivity contribution in [2.24, 2.45) is 0 Å². The van der Waals surface area contributed by atoms with E-state index in [4.69, 9.17) is 19.4 Å². The van der Waals surface area contributed by atoms with E-state index in [1.165, 1.54) is 16.3 Å². The number of hydrogen-bond acceptors (Lipinski definition) is 4. The number of furan rings is 1. The lowest BCUT2D eigenvalue weighted by molar-refractivity contribution is 0.669. The molecule has 4 aromatic heterocycles. The molecule has 0 saturated carbocycles. The SMILES string of the molecule is c1ccc(-c2ccc3c(c2)c2ccccc2n3-c2nc(-c3ccccc3-n3c4ccccc4c4ccccc43)nc(-c3cccc4oc5ccccc5c34)n2)cc1. The smallest absolute Gasteiger partial charge is 0.238 e. The van der Waals surface area contributed by atoms with Gasteiger partial charge in [-0.3, -0.25) is 4.57 Å². The maximum absolute atomic E-state index is 6.37. The van der Waals surface area contributed by atoms with Gasteiger partial charge in [-0.05, 0) is 65.7 Å². The molecule has 6 heteroatoms. The third-order valence-electron chi connectivity index (χ3n) is 11.2. The Labute approximate surface area is 326 Å². The van der Waals surface area contributed by atoms with Crippen LogP contribution in [-0.2, 0) is 0 Å². The molecule has 12 rings (SSSR count). The van der Waals surface area contributed by atoms with E-state index >= 15 is 0 Å². The normalized spacial score (nSPS) is 11.9. The van der Waals surface area contributed by atoms with Gasteiger partial charge in [-0.25, -0.2) is 4.98 Å². The summed E-state index contributed by atoms with van der Waals surface area (Å²) in [6.07, 6.45) is 0. The first-order chi connectivity index (χ1) is 28.3. The van der Waals surface area contributed by atoms with E-state index in [0.717, 1.165) is 77.2 Å². The van der Waals surface area contributed by atoms with Crippen LogP contribution in [-0.4, -0.2) is 24.1 Å². The molecule has 0 aliphatic heterocycles. The van der Waals surface area contributed by atoms with Crippen LogP contribution in [0.15, 0.2) is 192 Å². The van der Waals surface area contributed by atoms with Gasteiger partial charge in [0.05, 0.1) is 27.8 Å². The van der Waals surface area contributed by atoms with E-state index in [2.05, 4.69) is 167 Å². The summed E-state index contributed by atoms with van der Waals surface area (Å²) in [4.78, 5) is 16.2. The molecule has 0 N–H and O–H groups in total. The van der Waals surface area contributed by atoms with Crippen molar-refractivity contribution >= 4 is 65.6 Å². The first-order valence-corrected chi connectivity index (χ1v) is 19.1. The quantitative estimate of drug-likeness (QED) is 0.177. The summed E-state index contributed by atoms with van der Waals surface area (Å²) in [6, 6.07) is 65.5. The minimum Gasteiger partial charge on any atom is -0.456 e. The van der Waals surface area contributed by atoms with Crippen LogP contribution in [0.3, 0.4) is 0 Å². The first kappa shape index (κ1) is 31.5. The molecular weight excluding hydrogens is 699 g/mol. The highest BCUT2D eigenvalue weighted by Gasteiger charge is 2.23. The summed E-state index contributed by atoms with van der Waals surface area (Å²) in [6.45, 7) is 0. The monoisotopic (exact) mass is 729 g/mol. The van der Waals surface area contributed by atoms with Gasteiger partial charge in [-0.2, -0.15) is 9.97 Å². The molecule has 57 heavy (non-hydrogen) atoms. The topological polar surface area (TPSA) is 61.7 Å². The summed E-state index contributed by atoms with van der Waals surface area (Å²) in [5, 5.41) is 6.63. The minimum atomic E-state index is 0.537. The summed E-state index contributed by atoms with van der Waals surface area (Å²) in [5.41, 5.74) is 11.0. The molecule has 0 bridgehead atoms. The van der Waals surface area contributed by atoms with Crippen LogP contribution in [0.5, 0.6) is 0 Å². The Hall–Kier alpha value is -7.83. The minimum absolute atomic E-state index is 0.537. The van der Waals surface area contributed by atoms with Crippen molar-refractivity contribution in [1.82, 2.24) is 24.1 Å². The molecule has 0 fully saturated rings. The first-order valence-electron chi connectivity index (χ1n) is 19.1. The van der Waals surface area contributed by atoms with Crippen molar-refractivity contribution in [2.75, 3.05) is 0 Å². The number of aromatic nitrogens is 5. The molecular formula is C51H31N5O. The number of para-hydroxylation sites is 5. The van der Waals surface area contributed by atoms with Gasteiger partial charge in [0.15, 0.2) is 11.6 Å². The fourth-order valence-electron chi connectivity index (χ4n) is 8.70. The zero-order valence-electron chi connectivity index (χ0n) is 30.5. The van der Waals surface area contributed by atoms with Gasteiger partial charge >= 0.3 is 0 Å². The molecule has 0 spiro atoms. The van der Waals surface area contributed by atoms with Crippen LogP contribution in [0.1, 0.15) is 0 Å². The van der Waals surface area contributed by atoms with E-state index < -0.39 is 0 Å². The van der Waals surface area contributed by atoms with E-state index in [9.17, 15) is 0 Å². The van der Waals surface area contributed by atoms with Crippen molar-refractivity contribution < 1.29 is 4.42 Å². The van der Waals surface area contributed by atoms with Crippen molar-refractivity contribution in [3.8, 4) is 45.5 Å². The molecule has 0 atom stereocenters. The third-order valence-corrected chi connectivity index (χ3v) is 11.2. The molecule has 4 heterocycles. The molecule has 12 aromatic rings. The second-order valence-electron chi connectivity index (χ2n) is 14.4. The number of hydrogen-bond donors (Lipinski definition) is 0. The van der Waals surface area contributed by atoms with Crippen LogP contribution in [0.4, 0.5) is 0 Å². The molecule has 0 saturated heterocycles.